The normalized spacial score (nSPS) is 36.9. The maximum atomic E-state index is 9.96. The van der Waals surface area contributed by atoms with Crippen LogP contribution in [0.3, 0.4) is 0 Å². The van der Waals surface area contributed by atoms with Crippen LogP contribution in [0.1, 0.15) is 77.2 Å². The van der Waals surface area contributed by atoms with Crippen LogP contribution in [-0.4, -0.2) is 28.5 Å². The molecule has 3 saturated carbocycles. The lowest BCUT2D eigenvalue weighted by atomic mass is 9.52. The second-order valence-corrected chi connectivity index (χ2v) is 11.1. The average Bonchev–Trinajstić information content (AvgIpc) is 3.23. The Balaban J connectivity index is 1.61. The van der Waals surface area contributed by atoms with E-state index in [0.29, 0.717) is 41.9 Å². The van der Waals surface area contributed by atoms with Gasteiger partial charge in [0.05, 0.1) is 0 Å². The summed E-state index contributed by atoms with van der Waals surface area (Å²) in [7, 11) is 0. The lowest BCUT2D eigenvalue weighted by molar-refractivity contribution is -0.0526. The van der Waals surface area contributed by atoms with E-state index in [1.54, 1.807) is 0 Å². The van der Waals surface area contributed by atoms with Crippen LogP contribution in [-0.2, 0) is 5.41 Å². The maximum absolute atomic E-state index is 9.96. The van der Waals surface area contributed by atoms with Gasteiger partial charge in [-0.3, -0.25) is 0 Å². The zero-order valence-electron chi connectivity index (χ0n) is 19.0. The Hall–Kier alpha value is -1.06. The van der Waals surface area contributed by atoms with Crippen molar-refractivity contribution in [1.29, 1.82) is 0 Å². The van der Waals surface area contributed by atoms with Gasteiger partial charge >= 0.3 is 0 Å². The molecule has 0 heterocycles. The summed E-state index contributed by atoms with van der Waals surface area (Å²) < 4.78 is 0. The predicted molar refractivity (Wildman–Crippen MR) is 121 cm³/mol. The van der Waals surface area contributed by atoms with E-state index in [0.717, 1.165) is 24.7 Å². The first kappa shape index (κ1) is 22.1. The SMILES string of the molecule is C[C@H](CO)[C@@H]1[C@@H]2C[C@@H](CO)CC[C@H]2[C@H](CC2(c3ccc(O)cc3)CCCC2)C[C@H]1C. The fraction of sp³-hybridized carbons (Fsp3) is 0.778. The molecule has 1 aromatic rings. The van der Waals surface area contributed by atoms with Crippen LogP contribution in [0.25, 0.3) is 0 Å². The molecular weight excluding hydrogens is 372 g/mol. The van der Waals surface area contributed by atoms with Gasteiger partial charge in [-0.25, -0.2) is 0 Å². The van der Waals surface area contributed by atoms with Crippen molar-refractivity contribution in [3.63, 3.8) is 0 Å². The highest BCUT2D eigenvalue weighted by atomic mass is 16.3. The number of phenols is 1. The van der Waals surface area contributed by atoms with E-state index in [2.05, 4.69) is 26.0 Å². The van der Waals surface area contributed by atoms with Gasteiger partial charge in [0.2, 0.25) is 0 Å². The van der Waals surface area contributed by atoms with Gasteiger partial charge in [-0.1, -0.05) is 38.8 Å². The van der Waals surface area contributed by atoms with E-state index in [1.165, 1.54) is 50.5 Å². The Morgan fingerprint density at radius 1 is 1.00 bits per heavy atom. The highest BCUT2D eigenvalue weighted by Crippen LogP contribution is 2.57. The van der Waals surface area contributed by atoms with Gasteiger partial charge < -0.3 is 15.3 Å². The number of aromatic hydroxyl groups is 1. The molecule has 30 heavy (non-hydrogen) atoms. The molecule has 0 bridgehead atoms. The van der Waals surface area contributed by atoms with Crippen molar-refractivity contribution in [3.8, 4) is 5.75 Å². The fourth-order valence-electron chi connectivity index (χ4n) is 8.06. The Morgan fingerprint density at radius 2 is 1.70 bits per heavy atom. The third-order valence-electron chi connectivity index (χ3n) is 9.39. The molecule has 3 aliphatic carbocycles. The standard InChI is InChI=1S/C27H42O3/c1-18-13-21(15-27(11-3-4-12-27)22-6-8-23(30)9-7-22)24-10-5-20(17-29)14-25(24)26(18)19(2)16-28/h6-9,18-21,24-26,28-30H,3-5,10-17H2,1-2H3/t18-,19-,20+,21+,24+,25-,26-/m1/s1. The van der Waals surface area contributed by atoms with Crippen molar-refractivity contribution in [1.82, 2.24) is 0 Å². The van der Waals surface area contributed by atoms with Crippen molar-refractivity contribution in [2.45, 2.75) is 77.0 Å². The molecule has 0 unspecified atom stereocenters. The Labute approximate surface area is 182 Å². The maximum Gasteiger partial charge on any atom is 0.115 e. The summed E-state index contributed by atoms with van der Waals surface area (Å²) in [6.45, 7) is 5.25. The van der Waals surface area contributed by atoms with Crippen molar-refractivity contribution in [2.24, 2.45) is 41.4 Å². The van der Waals surface area contributed by atoms with Crippen LogP contribution in [0.4, 0.5) is 0 Å². The number of rotatable bonds is 6. The predicted octanol–water partition coefficient (Wildman–Crippen LogP) is 5.52. The highest BCUT2D eigenvalue weighted by molar-refractivity contribution is 5.32. The van der Waals surface area contributed by atoms with Gasteiger partial charge in [0, 0.05) is 13.2 Å². The molecule has 0 amide bonds. The minimum atomic E-state index is 0.270. The first-order chi connectivity index (χ1) is 14.5. The van der Waals surface area contributed by atoms with Gasteiger partial charge in [-0.05, 0) is 109 Å². The Morgan fingerprint density at radius 3 is 2.33 bits per heavy atom. The largest absolute Gasteiger partial charge is 0.508 e. The van der Waals surface area contributed by atoms with Crippen molar-refractivity contribution in [2.75, 3.05) is 13.2 Å². The summed E-state index contributed by atoms with van der Waals surface area (Å²) in [4.78, 5) is 0. The van der Waals surface area contributed by atoms with Crippen molar-refractivity contribution >= 4 is 0 Å². The summed E-state index contributed by atoms with van der Waals surface area (Å²) >= 11 is 0. The van der Waals surface area contributed by atoms with Gasteiger partial charge in [0.25, 0.3) is 0 Å². The molecule has 1 aromatic carbocycles. The first-order valence-electron chi connectivity index (χ1n) is 12.5. The van der Waals surface area contributed by atoms with E-state index in [-0.39, 0.29) is 12.0 Å². The minimum absolute atomic E-state index is 0.270. The third kappa shape index (κ3) is 4.17. The topological polar surface area (TPSA) is 60.7 Å². The quantitative estimate of drug-likeness (QED) is 0.574. The number of aliphatic hydroxyl groups excluding tert-OH is 2. The van der Waals surface area contributed by atoms with Crippen LogP contribution >= 0.6 is 0 Å². The zero-order chi connectivity index (χ0) is 21.3. The number of hydrogen-bond acceptors (Lipinski definition) is 3. The lowest BCUT2D eigenvalue weighted by Gasteiger charge is -2.54. The van der Waals surface area contributed by atoms with Crippen LogP contribution in [0, 0.1) is 41.4 Å². The smallest absolute Gasteiger partial charge is 0.115 e. The number of benzene rings is 1. The van der Waals surface area contributed by atoms with Gasteiger partial charge in [-0.15, -0.1) is 0 Å². The number of phenolic OH excluding ortho intramolecular Hbond substituents is 1. The monoisotopic (exact) mass is 414 g/mol. The fourth-order valence-corrected chi connectivity index (χ4v) is 8.06. The molecule has 0 radical (unpaired) electrons. The summed E-state index contributed by atoms with van der Waals surface area (Å²) in [5.74, 6) is 4.49. The first-order valence-corrected chi connectivity index (χ1v) is 12.5. The number of aliphatic hydroxyl groups is 2. The van der Waals surface area contributed by atoms with Crippen LogP contribution in [0.2, 0.25) is 0 Å². The molecular formula is C27H42O3. The molecule has 3 fully saturated rings. The van der Waals surface area contributed by atoms with E-state index >= 15 is 0 Å². The number of hydrogen-bond donors (Lipinski definition) is 3. The molecule has 0 aromatic heterocycles. The van der Waals surface area contributed by atoms with Gasteiger partial charge in [-0.2, -0.15) is 0 Å². The molecule has 3 heteroatoms. The summed E-state index contributed by atoms with van der Waals surface area (Å²) in [5, 5.41) is 29.6. The van der Waals surface area contributed by atoms with Crippen LogP contribution < -0.4 is 0 Å². The molecule has 168 valence electrons. The van der Waals surface area contributed by atoms with E-state index in [9.17, 15) is 15.3 Å². The molecule has 0 aliphatic heterocycles. The van der Waals surface area contributed by atoms with E-state index in [1.807, 2.05) is 12.1 Å². The van der Waals surface area contributed by atoms with E-state index in [4.69, 9.17) is 0 Å². The van der Waals surface area contributed by atoms with Crippen LogP contribution in [0.5, 0.6) is 5.75 Å². The second-order valence-electron chi connectivity index (χ2n) is 11.1. The summed E-state index contributed by atoms with van der Waals surface area (Å²) in [5.41, 5.74) is 1.70. The molecule has 0 saturated heterocycles. The minimum Gasteiger partial charge on any atom is -0.508 e. The molecule has 0 spiro atoms. The third-order valence-corrected chi connectivity index (χ3v) is 9.39. The molecule has 3 nitrogen and oxygen atoms in total. The number of fused-ring (bicyclic) bond motifs is 1. The van der Waals surface area contributed by atoms with E-state index < -0.39 is 0 Å². The van der Waals surface area contributed by atoms with Gasteiger partial charge in [0.1, 0.15) is 5.75 Å². The Bertz CT molecular complexity index is 678. The average molecular weight is 415 g/mol. The highest BCUT2D eigenvalue weighted by Gasteiger charge is 2.49. The second kappa shape index (κ2) is 9.20. The van der Waals surface area contributed by atoms with Crippen molar-refractivity contribution in [3.05, 3.63) is 29.8 Å². The summed E-state index contributed by atoms with van der Waals surface area (Å²) in [6.07, 6.45) is 11.3. The Kier molecular flexibility index (Phi) is 6.79. The molecule has 4 rings (SSSR count). The van der Waals surface area contributed by atoms with Crippen molar-refractivity contribution < 1.29 is 15.3 Å². The molecule has 7 atom stereocenters. The summed E-state index contributed by atoms with van der Waals surface area (Å²) in [6, 6.07) is 8.08. The molecule has 3 aliphatic rings. The van der Waals surface area contributed by atoms with Crippen LogP contribution in [0.15, 0.2) is 24.3 Å². The molecule has 3 N–H and O–H groups in total. The lowest BCUT2D eigenvalue weighted by Crippen LogP contribution is -2.47. The zero-order valence-corrected chi connectivity index (χ0v) is 19.0. The van der Waals surface area contributed by atoms with Gasteiger partial charge in [0.15, 0.2) is 0 Å².